The van der Waals surface area contributed by atoms with Gasteiger partial charge in [-0.15, -0.1) is 0 Å². The third-order valence-electron chi connectivity index (χ3n) is 2.92. The topological polar surface area (TPSA) is 101 Å². The van der Waals surface area contributed by atoms with Gasteiger partial charge < -0.3 is 10.0 Å². The molecule has 0 aliphatic carbocycles. The summed E-state index contributed by atoms with van der Waals surface area (Å²) in [5, 5.41) is 13.6. The zero-order valence-electron chi connectivity index (χ0n) is 11.0. The molecule has 0 aliphatic rings. The van der Waals surface area contributed by atoms with Crippen molar-refractivity contribution in [3.8, 4) is 0 Å². The van der Waals surface area contributed by atoms with E-state index in [2.05, 4.69) is 0 Å². The number of hydrogen-bond acceptors (Lipinski definition) is 4. The monoisotopic (exact) mass is 326 g/mol. The first-order valence-corrected chi connectivity index (χ1v) is 7.10. The number of carbonyl (C=O) groups is 1. The number of halogens is 3. The highest BCUT2D eigenvalue weighted by molar-refractivity contribution is 7.89. The number of primary sulfonamides is 1. The minimum Gasteiger partial charge on any atom is -0.480 e. The van der Waals surface area contributed by atoms with E-state index in [9.17, 15) is 26.4 Å². The van der Waals surface area contributed by atoms with Crippen LogP contribution in [-0.2, 0) is 21.0 Å². The molecule has 118 valence electrons. The van der Waals surface area contributed by atoms with Crippen LogP contribution in [0.1, 0.15) is 12.5 Å². The van der Waals surface area contributed by atoms with Crippen molar-refractivity contribution in [2.24, 2.45) is 5.14 Å². The molecule has 1 aromatic rings. The van der Waals surface area contributed by atoms with E-state index >= 15 is 0 Å². The highest BCUT2D eigenvalue weighted by Crippen LogP contribution is 2.36. The molecule has 6 nitrogen and oxygen atoms in total. The lowest BCUT2D eigenvalue weighted by Crippen LogP contribution is -2.36. The number of carboxylic acids is 1. The molecule has 0 amide bonds. The quantitative estimate of drug-likeness (QED) is 0.867. The Labute approximate surface area is 119 Å². The number of benzene rings is 1. The molecule has 0 spiro atoms. The lowest BCUT2D eigenvalue weighted by Gasteiger charge is -2.25. The van der Waals surface area contributed by atoms with Gasteiger partial charge in [-0.25, -0.2) is 18.4 Å². The molecule has 0 aromatic heterocycles. The van der Waals surface area contributed by atoms with Crippen LogP contribution in [0.2, 0.25) is 0 Å². The third kappa shape index (κ3) is 3.85. The number of hydrogen-bond donors (Lipinski definition) is 2. The lowest BCUT2D eigenvalue weighted by atomic mass is 10.1. The highest BCUT2D eigenvalue weighted by atomic mass is 32.2. The van der Waals surface area contributed by atoms with Gasteiger partial charge in [-0.05, 0) is 25.1 Å². The number of anilines is 1. The van der Waals surface area contributed by atoms with Crippen LogP contribution < -0.4 is 10.0 Å². The molecule has 0 saturated carbocycles. The van der Waals surface area contributed by atoms with Gasteiger partial charge in [-0.3, -0.25) is 0 Å². The van der Waals surface area contributed by atoms with Crippen molar-refractivity contribution in [1.82, 2.24) is 0 Å². The molecule has 3 N–H and O–H groups in total. The van der Waals surface area contributed by atoms with Gasteiger partial charge in [-0.1, -0.05) is 0 Å². The summed E-state index contributed by atoms with van der Waals surface area (Å²) in [5.74, 6) is -1.23. The number of nitrogens with two attached hydrogens (primary N) is 1. The summed E-state index contributed by atoms with van der Waals surface area (Å²) in [6.07, 6.45) is -4.94. The summed E-state index contributed by atoms with van der Waals surface area (Å²) in [5.41, 5.74) is -1.53. The van der Waals surface area contributed by atoms with E-state index in [1.54, 1.807) is 0 Å². The van der Waals surface area contributed by atoms with E-state index in [0.717, 1.165) is 11.0 Å². The van der Waals surface area contributed by atoms with E-state index in [1.165, 1.54) is 14.0 Å². The number of aliphatic carboxylic acids is 1. The van der Waals surface area contributed by atoms with E-state index in [1.807, 2.05) is 0 Å². The fourth-order valence-electron chi connectivity index (χ4n) is 1.60. The lowest BCUT2D eigenvalue weighted by molar-refractivity contribution is -0.140. The minimum absolute atomic E-state index is 0.0929. The maximum atomic E-state index is 12.9. The predicted octanol–water partition coefficient (Wildman–Crippen LogP) is 1.26. The normalized spacial score (nSPS) is 13.8. The van der Waals surface area contributed by atoms with Gasteiger partial charge in [0.1, 0.15) is 6.04 Å². The first kappa shape index (κ1) is 17.2. The number of rotatable bonds is 4. The molecule has 1 atom stereocenters. The summed E-state index contributed by atoms with van der Waals surface area (Å²) >= 11 is 0. The Morgan fingerprint density at radius 3 is 2.29 bits per heavy atom. The minimum atomic E-state index is -4.94. The fraction of sp³-hybridized carbons (Fsp3) is 0.364. The van der Waals surface area contributed by atoms with Crippen molar-refractivity contribution < 1.29 is 31.5 Å². The number of likely N-dealkylation sites (N-methyl/N-ethyl adjacent to an activating group) is 1. The Kier molecular flexibility index (Phi) is 4.54. The van der Waals surface area contributed by atoms with E-state index in [4.69, 9.17) is 10.2 Å². The standard InChI is InChI=1S/C11H13F3N2O4S/c1-6(10(17)18)16(2)7-3-4-9(21(15,19)20)8(5-7)11(12,13)14/h3-6H,1-2H3,(H,17,18)(H2,15,19,20). The van der Waals surface area contributed by atoms with Gasteiger partial charge in [0, 0.05) is 12.7 Å². The molecule has 1 aromatic carbocycles. The number of alkyl halides is 3. The Balaban J connectivity index is 3.46. The molecule has 0 fully saturated rings. The highest BCUT2D eigenvalue weighted by Gasteiger charge is 2.37. The summed E-state index contributed by atoms with van der Waals surface area (Å²) in [4.78, 5) is 10.9. The summed E-state index contributed by atoms with van der Waals surface area (Å²) < 4.78 is 61.2. The largest absolute Gasteiger partial charge is 0.480 e. The smallest absolute Gasteiger partial charge is 0.417 e. The van der Waals surface area contributed by atoms with Crippen molar-refractivity contribution in [2.75, 3.05) is 11.9 Å². The van der Waals surface area contributed by atoms with Gasteiger partial charge in [0.15, 0.2) is 0 Å². The number of sulfonamides is 1. The Bertz CT molecular complexity index is 658. The second-order valence-electron chi connectivity index (χ2n) is 4.35. The van der Waals surface area contributed by atoms with Crippen LogP contribution in [0, 0.1) is 0 Å². The number of carboxylic acid groups (broad SMARTS) is 1. The van der Waals surface area contributed by atoms with Crippen molar-refractivity contribution >= 4 is 21.7 Å². The van der Waals surface area contributed by atoms with Crippen molar-refractivity contribution in [3.63, 3.8) is 0 Å². The summed E-state index contributed by atoms with van der Waals surface area (Å²) in [6.45, 7) is 1.28. The first-order valence-electron chi connectivity index (χ1n) is 5.55. The molecule has 0 radical (unpaired) electrons. The molecule has 0 bridgehead atoms. The average molecular weight is 326 g/mol. The first-order chi connectivity index (χ1) is 9.35. The van der Waals surface area contributed by atoms with Crippen molar-refractivity contribution in [3.05, 3.63) is 23.8 Å². The van der Waals surface area contributed by atoms with Crippen LogP contribution in [0.5, 0.6) is 0 Å². The zero-order valence-corrected chi connectivity index (χ0v) is 11.9. The molecule has 10 heteroatoms. The van der Waals surface area contributed by atoms with Crippen LogP contribution >= 0.6 is 0 Å². The van der Waals surface area contributed by atoms with Gasteiger partial charge >= 0.3 is 12.1 Å². The van der Waals surface area contributed by atoms with Gasteiger partial charge in [0.05, 0.1) is 10.5 Å². The summed E-state index contributed by atoms with van der Waals surface area (Å²) in [7, 11) is -3.27. The Hall–Kier alpha value is -1.81. The van der Waals surface area contributed by atoms with Crippen LogP contribution in [0.25, 0.3) is 0 Å². The zero-order chi connectivity index (χ0) is 16.6. The predicted molar refractivity (Wildman–Crippen MR) is 68.3 cm³/mol. The fourth-order valence-corrected chi connectivity index (χ4v) is 2.34. The maximum absolute atomic E-state index is 12.9. The van der Waals surface area contributed by atoms with E-state index in [-0.39, 0.29) is 5.69 Å². The molecular weight excluding hydrogens is 313 g/mol. The Morgan fingerprint density at radius 1 is 1.38 bits per heavy atom. The maximum Gasteiger partial charge on any atom is 0.417 e. The van der Waals surface area contributed by atoms with Gasteiger partial charge in [-0.2, -0.15) is 13.2 Å². The van der Waals surface area contributed by atoms with Gasteiger partial charge in [0.25, 0.3) is 0 Å². The SMILES string of the molecule is CC(C(=O)O)N(C)c1ccc(S(N)(=O)=O)c(C(F)(F)F)c1. The molecule has 21 heavy (non-hydrogen) atoms. The average Bonchev–Trinajstić information content (AvgIpc) is 2.34. The van der Waals surface area contributed by atoms with Crippen LogP contribution in [0.4, 0.5) is 18.9 Å². The van der Waals surface area contributed by atoms with Crippen molar-refractivity contribution in [1.29, 1.82) is 0 Å². The Morgan fingerprint density at radius 2 is 1.90 bits per heavy atom. The van der Waals surface area contributed by atoms with Gasteiger partial charge in [0.2, 0.25) is 10.0 Å². The van der Waals surface area contributed by atoms with E-state index < -0.39 is 38.7 Å². The van der Waals surface area contributed by atoms with Crippen molar-refractivity contribution in [2.45, 2.75) is 24.0 Å². The second kappa shape index (κ2) is 5.53. The van der Waals surface area contributed by atoms with Crippen LogP contribution in [0.15, 0.2) is 23.1 Å². The molecule has 0 aliphatic heterocycles. The molecule has 0 heterocycles. The number of nitrogens with zero attached hydrogens (tertiary/aromatic N) is 1. The van der Waals surface area contributed by atoms with Crippen LogP contribution in [-0.4, -0.2) is 32.6 Å². The van der Waals surface area contributed by atoms with E-state index in [0.29, 0.717) is 12.1 Å². The second-order valence-corrected chi connectivity index (χ2v) is 5.88. The summed E-state index contributed by atoms with van der Waals surface area (Å²) in [6, 6.07) is 1.23. The molecule has 1 rings (SSSR count). The molecule has 0 saturated heterocycles. The third-order valence-corrected chi connectivity index (χ3v) is 3.89. The molecule has 1 unspecified atom stereocenters. The molecular formula is C11H13F3N2O4S. The van der Waals surface area contributed by atoms with Crippen LogP contribution in [0.3, 0.4) is 0 Å².